The van der Waals surface area contributed by atoms with Crippen molar-refractivity contribution in [3.8, 4) is 0 Å². The lowest BCUT2D eigenvalue weighted by atomic mass is 10.1. The van der Waals surface area contributed by atoms with Gasteiger partial charge in [0.2, 0.25) is 0 Å². The fourth-order valence-electron chi connectivity index (χ4n) is 2.83. The first-order valence-corrected chi connectivity index (χ1v) is 8.14. The second-order valence-electron chi connectivity index (χ2n) is 5.66. The molecule has 1 aliphatic heterocycles. The number of aromatic nitrogens is 2. The van der Waals surface area contributed by atoms with Gasteiger partial charge in [-0.25, -0.2) is 0 Å². The van der Waals surface area contributed by atoms with Crippen LogP contribution in [0.1, 0.15) is 33.5 Å². The highest BCUT2D eigenvalue weighted by Crippen LogP contribution is 2.13. The van der Waals surface area contributed by atoms with E-state index < -0.39 is 0 Å². The van der Waals surface area contributed by atoms with E-state index in [1.54, 1.807) is 40.4 Å². The summed E-state index contributed by atoms with van der Waals surface area (Å²) < 4.78 is 0. The highest BCUT2D eigenvalue weighted by Gasteiger charge is 2.27. The average molecular weight is 324 g/mol. The van der Waals surface area contributed by atoms with E-state index in [9.17, 15) is 9.59 Å². The van der Waals surface area contributed by atoms with Crippen LogP contribution in [0.5, 0.6) is 0 Å². The van der Waals surface area contributed by atoms with Crippen LogP contribution < -0.4 is 0 Å². The van der Waals surface area contributed by atoms with Crippen molar-refractivity contribution in [2.75, 3.05) is 26.2 Å². The Kier molecular flexibility index (Phi) is 4.84. The quantitative estimate of drug-likeness (QED) is 0.861. The summed E-state index contributed by atoms with van der Waals surface area (Å²) in [5.74, 6) is -0.146. The monoisotopic (exact) mass is 324 g/mol. The number of carbonyl (C=O) groups excluding carboxylic acids is 2. The summed E-state index contributed by atoms with van der Waals surface area (Å²) in [6.45, 7) is 4.05. The highest BCUT2D eigenvalue weighted by molar-refractivity contribution is 5.95. The molecule has 6 nitrogen and oxygen atoms in total. The summed E-state index contributed by atoms with van der Waals surface area (Å²) in [6, 6.07) is 9.07. The zero-order valence-corrected chi connectivity index (χ0v) is 13.7. The molecule has 0 spiro atoms. The number of amides is 2. The molecule has 3 heterocycles. The minimum absolute atomic E-state index is 0.0580. The number of nitrogens with zero attached hydrogens (tertiary/aromatic N) is 4. The van der Waals surface area contributed by atoms with Gasteiger partial charge >= 0.3 is 0 Å². The molecule has 1 aliphatic rings. The SMILES string of the molecule is CCc1cccnc1C(=O)N1CCN(C(=O)c2ccccn2)CC1. The van der Waals surface area contributed by atoms with E-state index in [0.29, 0.717) is 37.6 Å². The molecular weight excluding hydrogens is 304 g/mol. The van der Waals surface area contributed by atoms with Crippen LogP contribution in [-0.2, 0) is 6.42 Å². The number of pyridine rings is 2. The number of hydrogen-bond donors (Lipinski definition) is 0. The molecule has 0 saturated carbocycles. The van der Waals surface area contributed by atoms with E-state index in [1.165, 1.54) is 0 Å². The van der Waals surface area contributed by atoms with E-state index in [-0.39, 0.29) is 11.8 Å². The standard InChI is InChI=1S/C18H20N4O2/c1-2-14-6-5-9-20-16(14)18(24)22-12-10-21(11-13-22)17(23)15-7-3-4-8-19-15/h3-9H,2,10-13H2,1H3. The largest absolute Gasteiger partial charge is 0.334 e. The maximum absolute atomic E-state index is 12.7. The van der Waals surface area contributed by atoms with Crippen LogP contribution in [0.2, 0.25) is 0 Å². The number of hydrogen-bond acceptors (Lipinski definition) is 4. The topological polar surface area (TPSA) is 66.4 Å². The first-order valence-electron chi connectivity index (χ1n) is 8.14. The van der Waals surface area contributed by atoms with Gasteiger partial charge in [0, 0.05) is 38.6 Å². The molecule has 0 atom stereocenters. The first-order chi connectivity index (χ1) is 11.7. The summed E-state index contributed by atoms with van der Waals surface area (Å²) in [6.07, 6.45) is 4.03. The van der Waals surface area contributed by atoms with Gasteiger partial charge in [-0.15, -0.1) is 0 Å². The van der Waals surface area contributed by atoms with Crippen LogP contribution >= 0.6 is 0 Å². The van der Waals surface area contributed by atoms with Crippen molar-refractivity contribution in [1.29, 1.82) is 0 Å². The summed E-state index contributed by atoms with van der Waals surface area (Å²) in [5.41, 5.74) is 1.91. The van der Waals surface area contributed by atoms with Crippen molar-refractivity contribution in [1.82, 2.24) is 19.8 Å². The van der Waals surface area contributed by atoms with Gasteiger partial charge in [-0.2, -0.15) is 0 Å². The molecule has 124 valence electrons. The second kappa shape index (κ2) is 7.21. The van der Waals surface area contributed by atoms with Crippen LogP contribution in [0.4, 0.5) is 0 Å². The average Bonchev–Trinajstić information content (AvgIpc) is 2.67. The molecule has 0 radical (unpaired) electrons. The summed E-state index contributed by atoms with van der Waals surface area (Å²) in [7, 11) is 0. The predicted octanol–water partition coefficient (Wildman–Crippen LogP) is 1.64. The molecule has 1 fully saturated rings. The molecule has 2 amide bonds. The van der Waals surface area contributed by atoms with Gasteiger partial charge in [-0.3, -0.25) is 19.6 Å². The van der Waals surface area contributed by atoms with Gasteiger partial charge in [0.25, 0.3) is 11.8 Å². The Hall–Kier alpha value is -2.76. The van der Waals surface area contributed by atoms with E-state index in [0.717, 1.165) is 12.0 Å². The number of carbonyl (C=O) groups is 2. The normalized spacial score (nSPS) is 14.5. The third-order valence-corrected chi connectivity index (χ3v) is 4.21. The van der Waals surface area contributed by atoms with E-state index >= 15 is 0 Å². The summed E-state index contributed by atoms with van der Waals surface area (Å²) in [5, 5.41) is 0. The van der Waals surface area contributed by atoms with Crippen LogP contribution in [0, 0.1) is 0 Å². The van der Waals surface area contributed by atoms with Gasteiger partial charge in [0.1, 0.15) is 11.4 Å². The van der Waals surface area contributed by atoms with Crippen molar-refractivity contribution in [3.63, 3.8) is 0 Å². The van der Waals surface area contributed by atoms with Crippen molar-refractivity contribution < 1.29 is 9.59 Å². The number of aryl methyl sites for hydroxylation is 1. The van der Waals surface area contributed by atoms with E-state index in [1.807, 2.05) is 19.1 Å². The Morgan fingerprint density at radius 2 is 1.58 bits per heavy atom. The molecule has 3 rings (SSSR count). The lowest BCUT2D eigenvalue weighted by Crippen LogP contribution is -2.51. The van der Waals surface area contributed by atoms with Crippen molar-refractivity contribution in [2.24, 2.45) is 0 Å². The van der Waals surface area contributed by atoms with Crippen LogP contribution in [0.25, 0.3) is 0 Å². The molecule has 1 saturated heterocycles. The first kappa shape index (κ1) is 16.1. The maximum Gasteiger partial charge on any atom is 0.272 e. The number of rotatable bonds is 3. The molecule has 24 heavy (non-hydrogen) atoms. The maximum atomic E-state index is 12.7. The van der Waals surface area contributed by atoms with Gasteiger partial charge in [0.15, 0.2) is 0 Å². The van der Waals surface area contributed by atoms with Crippen LogP contribution in [0.3, 0.4) is 0 Å². The minimum Gasteiger partial charge on any atom is -0.334 e. The van der Waals surface area contributed by atoms with Gasteiger partial charge in [-0.05, 0) is 30.2 Å². The molecule has 0 unspecified atom stereocenters. The predicted molar refractivity (Wildman–Crippen MR) is 89.7 cm³/mol. The molecule has 0 bridgehead atoms. The van der Waals surface area contributed by atoms with Crippen molar-refractivity contribution in [3.05, 3.63) is 59.7 Å². The fraction of sp³-hybridized carbons (Fsp3) is 0.333. The van der Waals surface area contributed by atoms with Crippen LogP contribution in [-0.4, -0.2) is 57.8 Å². The van der Waals surface area contributed by atoms with E-state index in [4.69, 9.17) is 0 Å². The molecule has 0 N–H and O–H groups in total. The molecule has 6 heteroatoms. The number of piperazine rings is 1. The Morgan fingerprint density at radius 3 is 2.21 bits per heavy atom. The van der Waals surface area contributed by atoms with Crippen LogP contribution in [0.15, 0.2) is 42.7 Å². The molecule has 2 aromatic rings. The van der Waals surface area contributed by atoms with Crippen molar-refractivity contribution in [2.45, 2.75) is 13.3 Å². The fourth-order valence-corrected chi connectivity index (χ4v) is 2.83. The second-order valence-corrected chi connectivity index (χ2v) is 5.66. The zero-order chi connectivity index (χ0) is 16.9. The highest BCUT2D eigenvalue weighted by atomic mass is 16.2. The zero-order valence-electron chi connectivity index (χ0n) is 13.7. The summed E-state index contributed by atoms with van der Waals surface area (Å²) in [4.78, 5) is 36.9. The lowest BCUT2D eigenvalue weighted by molar-refractivity contribution is 0.0528. The molecule has 2 aromatic heterocycles. The lowest BCUT2D eigenvalue weighted by Gasteiger charge is -2.34. The Bertz CT molecular complexity index is 725. The van der Waals surface area contributed by atoms with Gasteiger partial charge in [-0.1, -0.05) is 19.1 Å². The van der Waals surface area contributed by atoms with Gasteiger partial charge in [0.05, 0.1) is 0 Å². The summed E-state index contributed by atoms with van der Waals surface area (Å²) >= 11 is 0. The molecule has 0 aliphatic carbocycles. The third-order valence-electron chi connectivity index (χ3n) is 4.21. The molecule has 0 aromatic carbocycles. The Balaban J connectivity index is 1.65. The molecular formula is C18H20N4O2. The van der Waals surface area contributed by atoms with Gasteiger partial charge < -0.3 is 9.80 Å². The Morgan fingerprint density at radius 1 is 0.917 bits per heavy atom. The van der Waals surface area contributed by atoms with Crippen molar-refractivity contribution >= 4 is 11.8 Å². The van der Waals surface area contributed by atoms with E-state index in [2.05, 4.69) is 9.97 Å². The Labute approximate surface area is 141 Å². The third kappa shape index (κ3) is 3.27. The minimum atomic E-state index is -0.0882. The smallest absolute Gasteiger partial charge is 0.272 e.